The van der Waals surface area contributed by atoms with Crippen LogP contribution in [-0.4, -0.2) is 10.8 Å². The molecule has 20 heavy (non-hydrogen) atoms. The first-order valence-electron chi connectivity index (χ1n) is 6.61. The van der Waals surface area contributed by atoms with Gasteiger partial charge in [0.05, 0.1) is 0 Å². The van der Waals surface area contributed by atoms with Crippen LogP contribution in [0, 0.1) is 5.92 Å². The number of carbonyl (C=O) groups is 1. The van der Waals surface area contributed by atoms with Crippen LogP contribution in [0.25, 0.3) is 0 Å². The van der Waals surface area contributed by atoms with Crippen LogP contribution in [-0.2, 0) is 11.2 Å². The Morgan fingerprint density at radius 3 is 2.60 bits per heavy atom. The molecule has 1 heterocycles. The van der Waals surface area contributed by atoms with Crippen LogP contribution in [0.5, 0.6) is 0 Å². The Morgan fingerprint density at radius 1 is 1.25 bits per heavy atom. The molecule has 2 rings (SSSR count). The third kappa shape index (κ3) is 3.42. The maximum atomic E-state index is 12.3. The first-order valence-corrected chi connectivity index (χ1v) is 6.61. The van der Waals surface area contributed by atoms with E-state index in [1.165, 1.54) is 0 Å². The molecule has 0 aliphatic carbocycles. The number of nitrogens with zero attached hydrogens (tertiary/aromatic N) is 1. The number of hydrogen-bond acceptors (Lipinski definition) is 4. The van der Waals surface area contributed by atoms with E-state index in [1.807, 2.05) is 37.3 Å². The molecule has 0 saturated heterocycles. The number of carbonyl (C=O) groups excluding carboxylic acids is 1. The van der Waals surface area contributed by atoms with Crippen LogP contribution in [0.4, 0.5) is 5.82 Å². The maximum absolute atomic E-state index is 12.3. The van der Waals surface area contributed by atoms with Crippen LogP contribution in [0.15, 0.2) is 48.7 Å². The summed E-state index contributed by atoms with van der Waals surface area (Å²) in [5.41, 5.74) is 13.6. The lowest BCUT2D eigenvalue weighted by Crippen LogP contribution is -2.27. The average Bonchev–Trinajstić information content (AvgIpc) is 2.46. The molecule has 0 saturated carbocycles. The Balaban J connectivity index is 2.05. The molecule has 104 valence electrons. The quantitative estimate of drug-likeness (QED) is 0.871. The molecular formula is C16H19N3O. The van der Waals surface area contributed by atoms with Gasteiger partial charge in [-0.3, -0.25) is 4.79 Å². The van der Waals surface area contributed by atoms with E-state index in [-0.39, 0.29) is 17.7 Å². The number of anilines is 1. The zero-order valence-electron chi connectivity index (χ0n) is 11.5. The molecule has 0 aliphatic heterocycles. The summed E-state index contributed by atoms with van der Waals surface area (Å²) in [7, 11) is 0. The lowest BCUT2D eigenvalue weighted by Gasteiger charge is -2.19. The highest BCUT2D eigenvalue weighted by atomic mass is 16.1. The van der Waals surface area contributed by atoms with Gasteiger partial charge >= 0.3 is 0 Å². The summed E-state index contributed by atoms with van der Waals surface area (Å²) < 4.78 is 0. The van der Waals surface area contributed by atoms with Crippen molar-refractivity contribution in [2.75, 3.05) is 5.73 Å². The number of Topliss-reactive ketones (excluding diaryl/α,β-unsaturated/α-hetero) is 1. The Kier molecular flexibility index (Phi) is 4.48. The Hall–Kier alpha value is -2.20. The largest absolute Gasteiger partial charge is 0.384 e. The second kappa shape index (κ2) is 6.30. The van der Waals surface area contributed by atoms with Crippen LogP contribution in [0.2, 0.25) is 0 Å². The number of benzene rings is 1. The average molecular weight is 269 g/mol. The van der Waals surface area contributed by atoms with Gasteiger partial charge in [-0.2, -0.15) is 0 Å². The highest BCUT2D eigenvalue weighted by molar-refractivity contribution is 5.83. The predicted molar refractivity (Wildman–Crippen MR) is 79.9 cm³/mol. The minimum atomic E-state index is -0.289. The van der Waals surface area contributed by atoms with E-state index >= 15 is 0 Å². The predicted octanol–water partition coefficient (Wildman–Crippen LogP) is 2.11. The second-order valence-corrected chi connectivity index (χ2v) is 4.96. The van der Waals surface area contributed by atoms with Crippen molar-refractivity contribution >= 4 is 11.6 Å². The van der Waals surface area contributed by atoms with E-state index in [2.05, 4.69) is 4.98 Å². The number of nitrogens with two attached hydrogens (primary N) is 2. The fraction of sp³-hybridized carbons (Fsp3) is 0.250. The Bertz CT molecular complexity index is 583. The van der Waals surface area contributed by atoms with Gasteiger partial charge in [-0.15, -0.1) is 0 Å². The van der Waals surface area contributed by atoms with E-state index < -0.39 is 0 Å². The first kappa shape index (κ1) is 14.2. The number of pyridine rings is 1. The van der Waals surface area contributed by atoms with Crippen molar-refractivity contribution in [3.05, 3.63) is 59.8 Å². The molecule has 0 spiro atoms. The van der Waals surface area contributed by atoms with Gasteiger partial charge in [0.25, 0.3) is 0 Å². The molecule has 0 radical (unpaired) electrons. The van der Waals surface area contributed by atoms with Crippen LogP contribution in [0.3, 0.4) is 0 Å². The van der Waals surface area contributed by atoms with Crippen molar-refractivity contribution < 1.29 is 4.79 Å². The van der Waals surface area contributed by atoms with E-state index in [0.717, 1.165) is 11.1 Å². The number of hydrogen-bond donors (Lipinski definition) is 2. The Labute approximate surface area is 118 Å². The van der Waals surface area contributed by atoms with Gasteiger partial charge in [0.1, 0.15) is 11.6 Å². The van der Waals surface area contributed by atoms with Gasteiger partial charge in [-0.1, -0.05) is 37.3 Å². The summed E-state index contributed by atoms with van der Waals surface area (Å²) >= 11 is 0. The van der Waals surface area contributed by atoms with Gasteiger partial charge in [-0.05, 0) is 23.3 Å². The van der Waals surface area contributed by atoms with Crippen LogP contribution < -0.4 is 11.5 Å². The van der Waals surface area contributed by atoms with Gasteiger partial charge in [-0.25, -0.2) is 4.98 Å². The maximum Gasteiger partial charge on any atom is 0.141 e. The van der Waals surface area contributed by atoms with E-state index in [0.29, 0.717) is 12.2 Å². The fourth-order valence-corrected chi connectivity index (χ4v) is 2.13. The number of ketones is 1. The standard InChI is InChI=1S/C16H19N3O/c1-11(16(18)13-5-3-2-4-6-13)14(20)9-12-7-8-19-15(17)10-12/h2-8,10-11,16H,9,18H2,1H3,(H2,17,19). The fourth-order valence-electron chi connectivity index (χ4n) is 2.13. The van der Waals surface area contributed by atoms with Gasteiger partial charge in [0.2, 0.25) is 0 Å². The van der Waals surface area contributed by atoms with Crippen molar-refractivity contribution in [2.45, 2.75) is 19.4 Å². The minimum Gasteiger partial charge on any atom is -0.384 e. The third-order valence-electron chi connectivity index (χ3n) is 3.45. The van der Waals surface area contributed by atoms with Gasteiger partial charge in [0, 0.05) is 24.6 Å². The minimum absolute atomic E-state index is 0.104. The highest BCUT2D eigenvalue weighted by Gasteiger charge is 2.22. The summed E-state index contributed by atoms with van der Waals surface area (Å²) in [4.78, 5) is 16.2. The number of rotatable bonds is 5. The molecule has 0 amide bonds. The van der Waals surface area contributed by atoms with Gasteiger partial charge in [0.15, 0.2) is 0 Å². The smallest absolute Gasteiger partial charge is 0.141 e. The Morgan fingerprint density at radius 2 is 1.95 bits per heavy atom. The topological polar surface area (TPSA) is 82.0 Å². The van der Waals surface area contributed by atoms with E-state index in [1.54, 1.807) is 18.3 Å². The molecule has 4 heteroatoms. The zero-order chi connectivity index (χ0) is 14.5. The summed E-state index contributed by atoms with van der Waals surface area (Å²) in [6.45, 7) is 1.87. The zero-order valence-corrected chi connectivity index (χ0v) is 11.5. The summed E-state index contributed by atoms with van der Waals surface area (Å²) in [5.74, 6) is 0.286. The summed E-state index contributed by atoms with van der Waals surface area (Å²) in [6, 6.07) is 12.9. The molecule has 0 bridgehead atoms. The normalized spacial score (nSPS) is 13.7. The molecule has 4 N–H and O–H groups in total. The summed E-state index contributed by atoms with van der Waals surface area (Å²) in [6.07, 6.45) is 1.94. The molecule has 1 aromatic heterocycles. The SMILES string of the molecule is CC(C(=O)Cc1ccnc(N)c1)C(N)c1ccccc1. The van der Waals surface area contributed by atoms with Crippen molar-refractivity contribution in [3.63, 3.8) is 0 Å². The van der Waals surface area contributed by atoms with Crippen molar-refractivity contribution in [1.82, 2.24) is 4.98 Å². The first-order chi connectivity index (χ1) is 9.58. The van der Waals surface area contributed by atoms with Crippen LogP contribution in [0.1, 0.15) is 24.1 Å². The molecule has 0 fully saturated rings. The molecule has 2 aromatic rings. The number of nitrogen functional groups attached to an aromatic ring is 1. The van der Waals surface area contributed by atoms with Crippen molar-refractivity contribution in [1.29, 1.82) is 0 Å². The van der Waals surface area contributed by atoms with Crippen molar-refractivity contribution in [2.24, 2.45) is 11.7 Å². The summed E-state index contributed by atoms with van der Waals surface area (Å²) in [5, 5.41) is 0. The van der Waals surface area contributed by atoms with E-state index in [4.69, 9.17) is 11.5 Å². The molecule has 2 unspecified atom stereocenters. The van der Waals surface area contributed by atoms with E-state index in [9.17, 15) is 4.79 Å². The van der Waals surface area contributed by atoms with Crippen LogP contribution >= 0.6 is 0 Å². The van der Waals surface area contributed by atoms with Crippen molar-refractivity contribution in [3.8, 4) is 0 Å². The molecule has 0 aliphatic rings. The van der Waals surface area contributed by atoms with Gasteiger partial charge < -0.3 is 11.5 Å². The highest BCUT2D eigenvalue weighted by Crippen LogP contribution is 2.21. The molecule has 1 aromatic carbocycles. The molecule has 4 nitrogen and oxygen atoms in total. The number of aromatic nitrogens is 1. The second-order valence-electron chi connectivity index (χ2n) is 4.96. The lowest BCUT2D eigenvalue weighted by atomic mass is 9.89. The molecule has 2 atom stereocenters. The molecular weight excluding hydrogens is 250 g/mol. The lowest BCUT2D eigenvalue weighted by molar-refractivity contribution is -0.122. The monoisotopic (exact) mass is 269 g/mol. The third-order valence-corrected chi connectivity index (χ3v) is 3.45.